The third-order valence-corrected chi connectivity index (χ3v) is 2.89. The Morgan fingerprint density at radius 1 is 1.44 bits per heavy atom. The molecule has 0 aliphatic heterocycles. The van der Waals surface area contributed by atoms with Gasteiger partial charge >= 0.3 is 5.97 Å². The van der Waals surface area contributed by atoms with Crippen molar-refractivity contribution in [3.05, 3.63) is 33.3 Å². The zero-order valence-electron chi connectivity index (χ0n) is 7.98. The Hall–Kier alpha value is -0.680. The quantitative estimate of drug-likeness (QED) is 0.832. The van der Waals surface area contributed by atoms with Crippen LogP contribution < -0.4 is 0 Å². The molecule has 1 unspecified atom stereocenters. The normalized spacial score (nSPS) is 12.2. The highest BCUT2D eigenvalue weighted by molar-refractivity contribution is 7.79. The maximum atomic E-state index is 10.6. The summed E-state index contributed by atoms with van der Waals surface area (Å²) in [5, 5.41) is 19.7. The lowest BCUT2D eigenvalue weighted by atomic mass is 10.1. The molecular formula is C10H8Cl2O3S. The van der Waals surface area contributed by atoms with Crippen LogP contribution in [0.25, 0.3) is 0 Å². The molecule has 0 bridgehead atoms. The van der Waals surface area contributed by atoms with E-state index in [2.05, 4.69) is 12.2 Å². The van der Waals surface area contributed by atoms with E-state index in [0.717, 1.165) is 0 Å². The standard InChI is InChI=1S/C10H8Cl2O3S/c11-7-1-5(9(13)4-16)2-8(12)6(7)3-10(14)15/h1-2,4,9,13H,3H2,(H,14,15). The second kappa shape index (κ2) is 5.59. The van der Waals surface area contributed by atoms with E-state index in [4.69, 9.17) is 28.3 Å². The second-order valence-corrected chi connectivity index (χ2v) is 4.20. The van der Waals surface area contributed by atoms with E-state index in [1.54, 1.807) is 0 Å². The summed E-state index contributed by atoms with van der Waals surface area (Å²) >= 11 is 16.3. The Balaban J connectivity index is 3.16. The van der Waals surface area contributed by atoms with Gasteiger partial charge < -0.3 is 10.2 Å². The Bertz CT molecular complexity index is 411. The van der Waals surface area contributed by atoms with Crippen LogP contribution in [0.3, 0.4) is 0 Å². The van der Waals surface area contributed by atoms with Crippen LogP contribution in [0, 0.1) is 0 Å². The second-order valence-electron chi connectivity index (χ2n) is 3.11. The maximum Gasteiger partial charge on any atom is 0.307 e. The summed E-state index contributed by atoms with van der Waals surface area (Å²) in [5.74, 6) is -1.02. The first kappa shape index (κ1) is 13.4. The summed E-state index contributed by atoms with van der Waals surface area (Å²) in [4.78, 5) is 10.6. The van der Waals surface area contributed by atoms with Gasteiger partial charge in [-0.2, -0.15) is 0 Å². The van der Waals surface area contributed by atoms with Crippen LogP contribution in [0.4, 0.5) is 0 Å². The van der Waals surface area contributed by atoms with Crippen LogP contribution in [0.15, 0.2) is 12.1 Å². The third-order valence-electron chi connectivity index (χ3n) is 1.96. The molecule has 1 aromatic carbocycles. The molecule has 1 rings (SSSR count). The summed E-state index contributed by atoms with van der Waals surface area (Å²) in [6.07, 6.45) is -1.20. The summed E-state index contributed by atoms with van der Waals surface area (Å²) in [6, 6.07) is 2.92. The molecule has 0 aromatic heterocycles. The van der Waals surface area contributed by atoms with Gasteiger partial charge in [0.05, 0.1) is 6.42 Å². The number of carboxylic acids is 1. The minimum Gasteiger partial charge on any atom is -0.481 e. The zero-order chi connectivity index (χ0) is 12.3. The molecule has 86 valence electrons. The molecule has 2 N–H and O–H groups in total. The Kier molecular flexibility index (Phi) is 4.68. The highest BCUT2D eigenvalue weighted by atomic mass is 35.5. The molecule has 1 aromatic rings. The lowest BCUT2D eigenvalue weighted by Crippen LogP contribution is -2.04. The molecule has 0 aliphatic rings. The number of benzene rings is 1. The molecule has 0 amide bonds. The number of carboxylic acid groups (broad SMARTS) is 1. The van der Waals surface area contributed by atoms with Crippen molar-refractivity contribution in [2.75, 3.05) is 0 Å². The number of aliphatic carboxylic acids is 1. The molecule has 0 aliphatic carbocycles. The fourth-order valence-corrected chi connectivity index (χ4v) is 1.99. The van der Waals surface area contributed by atoms with Gasteiger partial charge in [0.15, 0.2) is 0 Å². The minimum atomic E-state index is -1.02. The van der Waals surface area contributed by atoms with Gasteiger partial charge in [-0.05, 0) is 17.7 Å². The van der Waals surface area contributed by atoms with Gasteiger partial charge in [-0.25, -0.2) is 0 Å². The lowest BCUT2D eigenvalue weighted by molar-refractivity contribution is -0.136. The number of hydrogen-bond acceptors (Lipinski definition) is 3. The third kappa shape index (κ3) is 3.15. The minimum absolute atomic E-state index is 0.209. The number of rotatable bonds is 4. The number of aliphatic hydroxyl groups is 1. The maximum absolute atomic E-state index is 10.6. The van der Waals surface area contributed by atoms with Gasteiger partial charge in [0.25, 0.3) is 0 Å². The van der Waals surface area contributed by atoms with Crippen molar-refractivity contribution in [1.29, 1.82) is 0 Å². The van der Waals surface area contributed by atoms with E-state index >= 15 is 0 Å². The van der Waals surface area contributed by atoms with Crippen molar-refractivity contribution < 1.29 is 15.0 Å². The van der Waals surface area contributed by atoms with Crippen LogP contribution >= 0.6 is 35.4 Å². The van der Waals surface area contributed by atoms with E-state index in [1.807, 2.05) is 0 Å². The molecular weight excluding hydrogens is 271 g/mol. The van der Waals surface area contributed by atoms with Gasteiger partial charge in [0.2, 0.25) is 0 Å². The summed E-state index contributed by atoms with van der Waals surface area (Å²) in [7, 11) is 0. The topological polar surface area (TPSA) is 57.5 Å². The number of aliphatic hydroxyl groups excluding tert-OH is 1. The van der Waals surface area contributed by atoms with Crippen LogP contribution in [-0.4, -0.2) is 21.5 Å². The van der Waals surface area contributed by atoms with Crippen LogP contribution in [0.2, 0.25) is 10.0 Å². The molecule has 16 heavy (non-hydrogen) atoms. The molecule has 6 heteroatoms. The summed E-state index contributed by atoms with van der Waals surface area (Å²) in [5.41, 5.74) is 0.773. The van der Waals surface area contributed by atoms with Gasteiger partial charge in [-0.1, -0.05) is 35.4 Å². The number of hydrogen-bond donors (Lipinski definition) is 2. The molecule has 0 fully saturated rings. The van der Waals surface area contributed by atoms with Crippen molar-refractivity contribution in [3.8, 4) is 0 Å². The predicted molar refractivity (Wildman–Crippen MR) is 66.4 cm³/mol. The number of carbonyl (C=O) groups is 1. The van der Waals surface area contributed by atoms with Crippen molar-refractivity contribution in [1.82, 2.24) is 0 Å². The molecule has 0 saturated carbocycles. The van der Waals surface area contributed by atoms with Gasteiger partial charge in [0, 0.05) is 21.0 Å². The fourth-order valence-electron chi connectivity index (χ4n) is 1.19. The van der Waals surface area contributed by atoms with Gasteiger partial charge in [-0.3, -0.25) is 4.79 Å². The van der Waals surface area contributed by atoms with Crippen molar-refractivity contribution in [2.45, 2.75) is 12.5 Å². The van der Waals surface area contributed by atoms with Crippen molar-refractivity contribution >= 4 is 46.8 Å². The Labute approximate surface area is 108 Å². The lowest BCUT2D eigenvalue weighted by Gasteiger charge is -2.10. The molecule has 0 radical (unpaired) electrons. The predicted octanol–water partition coefficient (Wildman–Crippen LogP) is 2.65. The Morgan fingerprint density at radius 3 is 2.31 bits per heavy atom. The molecule has 1 atom stereocenters. The highest BCUT2D eigenvalue weighted by Gasteiger charge is 2.14. The Morgan fingerprint density at radius 2 is 1.94 bits per heavy atom. The van der Waals surface area contributed by atoms with E-state index in [0.29, 0.717) is 11.1 Å². The molecule has 0 saturated heterocycles. The monoisotopic (exact) mass is 278 g/mol. The SMILES string of the molecule is O=C(O)Cc1c(Cl)cc(C(O)C=S)cc1Cl. The van der Waals surface area contributed by atoms with Crippen molar-refractivity contribution in [3.63, 3.8) is 0 Å². The van der Waals surface area contributed by atoms with E-state index in [9.17, 15) is 9.90 Å². The van der Waals surface area contributed by atoms with Gasteiger partial charge in [0.1, 0.15) is 6.10 Å². The van der Waals surface area contributed by atoms with E-state index < -0.39 is 12.1 Å². The van der Waals surface area contributed by atoms with Crippen LogP contribution in [-0.2, 0) is 11.2 Å². The number of thiocarbonyl (C=S) groups is 1. The smallest absolute Gasteiger partial charge is 0.307 e. The van der Waals surface area contributed by atoms with Gasteiger partial charge in [-0.15, -0.1) is 0 Å². The summed E-state index contributed by atoms with van der Waals surface area (Å²) in [6.45, 7) is 0. The van der Waals surface area contributed by atoms with Crippen LogP contribution in [0.1, 0.15) is 17.2 Å². The molecule has 0 spiro atoms. The first-order chi connectivity index (χ1) is 7.45. The van der Waals surface area contributed by atoms with Crippen LogP contribution in [0.5, 0.6) is 0 Å². The van der Waals surface area contributed by atoms with E-state index in [-0.39, 0.29) is 16.5 Å². The van der Waals surface area contributed by atoms with Crippen molar-refractivity contribution in [2.24, 2.45) is 0 Å². The number of halogens is 2. The first-order valence-corrected chi connectivity index (χ1v) is 5.51. The zero-order valence-corrected chi connectivity index (χ0v) is 10.3. The fraction of sp³-hybridized carbons (Fsp3) is 0.200. The molecule has 0 heterocycles. The average Bonchev–Trinajstić information content (AvgIpc) is 2.21. The highest BCUT2D eigenvalue weighted by Crippen LogP contribution is 2.29. The molecule has 3 nitrogen and oxygen atoms in total. The summed E-state index contributed by atoms with van der Waals surface area (Å²) < 4.78 is 0. The first-order valence-electron chi connectivity index (χ1n) is 4.28. The largest absolute Gasteiger partial charge is 0.481 e. The average molecular weight is 279 g/mol. The van der Waals surface area contributed by atoms with E-state index in [1.165, 1.54) is 17.5 Å².